The van der Waals surface area contributed by atoms with Crippen molar-refractivity contribution < 1.29 is 19.1 Å². The zero-order valence-electron chi connectivity index (χ0n) is 12.0. The van der Waals surface area contributed by atoms with Crippen LogP contribution in [0.1, 0.15) is 19.8 Å². The molecule has 110 valence electrons. The third-order valence-electron chi connectivity index (χ3n) is 2.59. The molecule has 1 aromatic carbocycles. The molecule has 0 fully saturated rings. The van der Waals surface area contributed by atoms with Gasteiger partial charge in [-0.3, -0.25) is 9.59 Å². The highest BCUT2D eigenvalue weighted by Crippen LogP contribution is 2.29. The molecule has 0 spiro atoms. The van der Waals surface area contributed by atoms with Gasteiger partial charge in [0.15, 0.2) is 11.5 Å². The number of rotatable bonds is 7. The fourth-order valence-corrected chi connectivity index (χ4v) is 1.61. The number of methoxy groups -OCH3 is 2. The van der Waals surface area contributed by atoms with Crippen LogP contribution in [-0.2, 0) is 9.59 Å². The number of nitrogens with one attached hydrogen (secondary N) is 2. The summed E-state index contributed by atoms with van der Waals surface area (Å²) in [5.74, 6) is 0.693. The van der Waals surface area contributed by atoms with Gasteiger partial charge in [-0.1, -0.05) is 6.92 Å². The summed E-state index contributed by atoms with van der Waals surface area (Å²) in [4.78, 5) is 22.9. The van der Waals surface area contributed by atoms with E-state index in [-0.39, 0.29) is 18.4 Å². The van der Waals surface area contributed by atoms with Crippen LogP contribution in [0.2, 0.25) is 0 Å². The van der Waals surface area contributed by atoms with Crippen LogP contribution in [0.25, 0.3) is 0 Å². The number of amides is 2. The smallest absolute Gasteiger partial charge is 0.243 e. The second-order valence-corrected chi connectivity index (χ2v) is 4.14. The molecule has 0 aromatic heterocycles. The molecule has 0 unspecified atom stereocenters. The molecule has 0 aliphatic carbocycles. The maximum absolute atomic E-state index is 11.7. The average molecular weight is 280 g/mol. The number of ether oxygens (including phenoxy) is 2. The van der Waals surface area contributed by atoms with E-state index in [1.807, 2.05) is 6.92 Å². The Kier molecular flexibility index (Phi) is 6.36. The predicted octanol–water partition coefficient (Wildman–Crippen LogP) is 1.56. The Bertz CT molecular complexity index is 474. The molecule has 0 saturated carbocycles. The zero-order valence-corrected chi connectivity index (χ0v) is 12.0. The van der Waals surface area contributed by atoms with Crippen LogP contribution in [0.4, 0.5) is 5.69 Å². The number of carbonyl (C=O) groups excluding carboxylic acids is 2. The van der Waals surface area contributed by atoms with E-state index in [0.717, 1.165) is 6.42 Å². The fourth-order valence-electron chi connectivity index (χ4n) is 1.61. The Labute approximate surface area is 118 Å². The highest BCUT2D eigenvalue weighted by atomic mass is 16.5. The van der Waals surface area contributed by atoms with Gasteiger partial charge in [0.05, 0.1) is 20.8 Å². The lowest BCUT2D eigenvalue weighted by Crippen LogP contribution is -2.32. The minimum absolute atomic E-state index is 0.0484. The molecular formula is C14H20N2O4. The summed E-state index contributed by atoms with van der Waals surface area (Å²) < 4.78 is 10.2. The van der Waals surface area contributed by atoms with Crippen molar-refractivity contribution >= 4 is 17.5 Å². The quantitative estimate of drug-likeness (QED) is 0.794. The van der Waals surface area contributed by atoms with E-state index >= 15 is 0 Å². The summed E-state index contributed by atoms with van der Waals surface area (Å²) in [7, 11) is 3.06. The molecule has 1 aromatic rings. The van der Waals surface area contributed by atoms with Gasteiger partial charge in [-0.2, -0.15) is 0 Å². The maximum Gasteiger partial charge on any atom is 0.243 e. The number of carbonyl (C=O) groups is 2. The SMILES string of the molecule is CCCC(=O)NCC(=O)Nc1ccc(OC)c(OC)c1. The molecule has 2 N–H and O–H groups in total. The summed E-state index contributed by atoms with van der Waals surface area (Å²) in [5.41, 5.74) is 0.581. The summed E-state index contributed by atoms with van der Waals surface area (Å²) in [6.45, 7) is 1.86. The zero-order chi connectivity index (χ0) is 15.0. The van der Waals surface area contributed by atoms with Gasteiger partial charge < -0.3 is 20.1 Å². The van der Waals surface area contributed by atoms with Crippen LogP contribution >= 0.6 is 0 Å². The van der Waals surface area contributed by atoms with E-state index in [1.54, 1.807) is 25.3 Å². The fraction of sp³-hybridized carbons (Fsp3) is 0.429. The Hall–Kier alpha value is -2.24. The first kappa shape index (κ1) is 15.8. The second-order valence-electron chi connectivity index (χ2n) is 4.14. The van der Waals surface area contributed by atoms with Gasteiger partial charge in [0, 0.05) is 18.2 Å². The van der Waals surface area contributed by atoms with E-state index in [1.165, 1.54) is 7.11 Å². The minimum Gasteiger partial charge on any atom is -0.493 e. The molecule has 6 nitrogen and oxygen atoms in total. The third-order valence-corrected chi connectivity index (χ3v) is 2.59. The Morgan fingerprint density at radius 2 is 1.80 bits per heavy atom. The molecule has 0 radical (unpaired) electrons. The van der Waals surface area contributed by atoms with Crippen LogP contribution in [0.5, 0.6) is 11.5 Å². The first-order chi connectivity index (χ1) is 9.60. The van der Waals surface area contributed by atoms with Crippen molar-refractivity contribution in [1.82, 2.24) is 5.32 Å². The van der Waals surface area contributed by atoms with Gasteiger partial charge in [-0.05, 0) is 18.6 Å². The number of hydrogen-bond acceptors (Lipinski definition) is 4. The van der Waals surface area contributed by atoms with Crippen LogP contribution < -0.4 is 20.1 Å². The molecule has 0 aliphatic heterocycles. The molecule has 0 bridgehead atoms. The Balaban J connectivity index is 2.55. The van der Waals surface area contributed by atoms with Crippen LogP contribution in [-0.4, -0.2) is 32.6 Å². The van der Waals surface area contributed by atoms with Crippen molar-refractivity contribution in [3.8, 4) is 11.5 Å². The molecule has 20 heavy (non-hydrogen) atoms. The van der Waals surface area contributed by atoms with Gasteiger partial charge in [-0.15, -0.1) is 0 Å². The molecule has 6 heteroatoms. The summed E-state index contributed by atoms with van der Waals surface area (Å²) in [6.07, 6.45) is 1.17. The number of anilines is 1. The van der Waals surface area contributed by atoms with E-state index in [0.29, 0.717) is 23.6 Å². The molecule has 0 saturated heterocycles. The standard InChI is InChI=1S/C14H20N2O4/c1-4-5-13(17)15-9-14(18)16-10-6-7-11(19-2)12(8-10)20-3/h6-8H,4-5,9H2,1-3H3,(H,15,17)(H,16,18). The van der Waals surface area contributed by atoms with Crippen molar-refractivity contribution in [3.05, 3.63) is 18.2 Å². The number of benzene rings is 1. The number of hydrogen-bond donors (Lipinski definition) is 2. The highest BCUT2D eigenvalue weighted by molar-refractivity contribution is 5.94. The predicted molar refractivity (Wildman–Crippen MR) is 76.1 cm³/mol. The first-order valence-corrected chi connectivity index (χ1v) is 6.39. The largest absolute Gasteiger partial charge is 0.493 e. The molecule has 2 amide bonds. The van der Waals surface area contributed by atoms with E-state index in [2.05, 4.69) is 10.6 Å². The summed E-state index contributed by atoms with van der Waals surface area (Å²) in [5, 5.41) is 5.22. The van der Waals surface area contributed by atoms with E-state index in [9.17, 15) is 9.59 Å². The summed E-state index contributed by atoms with van der Waals surface area (Å²) >= 11 is 0. The van der Waals surface area contributed by atoms with Crippen LogP contribution in [0, 0.1) is 0 Å². The average Bonchev–Trinajstić information content (AvgIpc) is 2.45. The third kappa shape index (κ3) is 4.79. The molecule has 0 aliphatic rings. The topological polar surface area (TPSA) is 76.7 Å². The highest BCUT2D eigenvalue weighted by Gasteiger charge is 2.08. The first-order valence-electron chi connectivity index (χ1n) is 6.39. The van der Waals surface area contributed by atoms with Crippen molar-refractivity contribution in [3.63, 3.8) is 0 Å². The van der Waals surface area contributed by atoms with Gasteiger partial charge >= 0.3 is 0 Å². The normalized spacial score (nSPS) is 9.75. The van der Waals surface area contributed by atoms with Crippen LogP contribution in [0.3, 0.4) is 0 Å². The van der Waals surface area contributed by atoms with Crippen LogP contribution in [0.15, 0.2) is 18.2 Å². The monoisotopic (exact) mass is 280 g/mol. The van der Waals surface area contributed by atoms with E-state index < -0.39 is 0 Å². The maximum atomic E-state index is 11.7. The van der Waals surface area contributed by atoms with Crippen molar-refractivity contribution in [1.29, 1.82) is 0 Å². The molecule has 1 rings (SSSR count). The Morgan fingerprint density at radius 1 is 1.10 bits per heavy atom. The lowest BCUT2D eigenvalue weighted by molar-refractivity contribution is -0.124. The van der Waals surface area contributed by atoms with Gasteiger partial charge in [0.2, 0.25) is 11.8 Å². The Morgan fingerprint density at radius 3 is 2.40 bits per heavy atom. The summed E-state index contributed by atoms with van der Waals surface area (Å²) in [6, 6.07) is 5.06. The van der Waals surface area contributed by atoms with Gasteiger partial charge in [0.1, 0.15) is 0 Å². The van der Waals surface area contributed by atoms with Gasteiger partial charge in [0.25, 0.3) is 0 Å². The van der Waals surface area contributed by atoms with Gasteiger partial charge in [-0.25, -0.2) is 0 Å². The lowest BCUT2D eigenvalue weighted by Gasteiger charge is -2.11. The molecule has 0 atom stereocenters. The minimum atomic E-state index is -0.290. The second kappa shape index (κ2) is 8.04. The van der Waals surface area contributed by atoms with E-state index in [4.69, 9.17) is 9.47 Å². The lowest BCUT2D eigenvalue weighted by atomic mass is 10.2. The van der Waals surface area contributed by atoms with Crippen molar-refractivity contribution in [2.75, 3.05) is 26.1 Å². The molecule has 0 heterocycles. The molecular weight excluding hydrogens is 260 g/mol. The van der Waals surface area contributed by atoms with Crippen molar-refractivity contribution in [2.45, 2.75) is 19.8 Å². The van der Waals surface area contributed by atoms with Crippen molar-refractivity contribution in [2.24, 2.45) is 0 Å².